The second kappa shape index (κ2) is 8.53. The maximum Gasteiger partial charge on any atom is 0.315 e. The van der Waals surface area contributed by atoms with Gasteiger partial charge in [0.2, 0.25) is 0 Å². The molecule has 1 aromatic carbocycles. The van der Waals surface area contributed by atoms with Crippen LogP contribution in [0, 0.1) is 0 Å². The topological polar surface area (TPSA) is 61.4 Å². The summed E-state index contributed by atoms with van der Waals surface area (Å²) >= 11 is 0. The fraction of sp³-hybridized carbons (Fsp3) is 0.533. The molecule has 19 heavy (non-hydrogen) atoms. The van der Waals surface area contributed by atoms with Crippen molar-refractivity contribution in [1.29, 1.82) is 0 Å². The van der Waals surface area contributed by atoms with Crippen molar-refractivity contribution in [3.8, 4) is 0 Å². The highest BCUT2D eigenvalue weighted by molar-refractivity contribution is 5.74. The Morgan fingerprint density at radius 2 is 2.00 bits per heavy atom. The SMILES string of the molecule is CCC(Cc1ccccc1)NC(=O)NCCC(C)O. The summed E-state index contributed by atoms with van der Waals surface area (Å²) in [6.45, 7) is 4.26. The number of carbonyl (C=O) groups is 1. The highest BCUT2D eigenvalue weighted by Crippen LogP contribution is 2.05. The summed E-state index contributed by atoms with van der Waals surface area (Å²) in [6.07, 6.45) is 1.91. The van der Waals surface area contributed by atoms with Crippen molar-refractivity contribution >= 4 is 6.03 Å². The van der Waals surface area contributed by atoms with Gasteiger partial charge in [0, 0.05) is 12.6 Å². The number of hydrogen-bond donors (Lipinski definition) is 3. The van der Waals surface area contributed by atoms with E-state index in [4.69, 9.17) is 5.11 Å². The van der Waals surface area contributed by atoms with E-state index in [1.165, 1.54) is 5.56 Å². The summed E-state index contributed by atoms with van der Waals surface area (Å²) in [5.41, 5.74) is 1.22. The second-order valence-electron chi connectivity index (χ2n) is 4.83. The number of amides is 2. The summed E-state index contributed by atoms with van der Waals surface area (Å²) in [5.74, 6) is 0. The molecule has 0 fully saturated rings. The van der Waals surface area contributed by atoms with Crippen LogP contribution in [0.2, 0.25) is 0 Å². The van der Waals surface area contributed by atoms with Gasteiger partial charge in [-0.15, -0.1) is 0 Å². The predicted molar refractivity (Wildman–Crippen MR) is 77.1 cm³/mol. The Labute approximate surface area is 115 Å². The molecule has 0 aliphatic heterocycles. The van der Waals surface area contributed by atoms with Crippen LogP contribution in [0.5, 0.6) is 0 Å². The molecule has 106 valence electrons. The van der Waals surface area contributed by atoms with Crippen LogP contribution < -0.4 is 10.6 Å². The van der Waals surface area contributed by atoms with E-state index in [-0.39, 0.29) is 18.2 Å². The molecule has 2 amide bonds. The van der Waals surface area contributed by atoms with E-state index in [2.05, 4.69) is 29.7 Å². The van der Waals surface area contributed by atoms with Gasteiger partial charge in [0.15, 0.2) is 0 Å². The van der Waals surface area contributed by atoms with Gasteiger partial charge in [-0.25, -0.2) is 4.79 Å². The molecule has 0 radical (unpaired) electrons. The van der Waals surface area contributed by atoms with Crippen LogP contribution in [-0.4, -0.2) is 29.8 Å². The smallest absolute Gasteiger partial charge is 0.315 e. The Morgan fingerprint density at radius 3 is 2.58 bits per heavy atom. The van der Waals surface area contributed by atoms with Gasteiger partial charge in [0.25, 0.3) is 0 Å². The normalized spacial score (nSPS) is 13.6. The molecule has 0 spiro atoms. The zero-order valence-corrected chi connectivity index (χ0v) is 11.7. The van der Waals surface area contributed by atoms with Crippen LogP contribution in [-0.2, 0) is 6.42 Å². The molecular weight excluding hydrogens is 240 g/mol. The Balaban J connectivity index is 2.33. The lowest BCUT2D eigenvalue weighted by atomic mass is 10.0. The fourth-order valence-corrected chi connectivity index (χ4v) is 1.83. The summed E-state index contributed by atoms with van der Waals surface area (Å²) < 4.78 is 0. The van der Waals surface area contributed by atoms with E-state index in [9.17, 15) is 4.79 Å². The highest BCUT2D eigenvalue weighted by atomic mass is 16.3. The first-order valence-corrected chi connectivity index (χ1v) is 6.88. The Bertz CT molecular complexity index is 366. The third-order valence-electron chi connectivity index (χ3n) is 3.00. The maximum absolute atomic E-state index is 11.7. The number of carbonyl (C=O) groups excluding carboxylic acids is 1. The molecular formula is C15H24N2O2. The average molecular weight is 264 g/mol. The minimum atomic E-state index is -0.383. The highest BCUT2D eigenvalue weighted by Gasteiger charge is 2.10. The molecule has 2 unspecified atom stereocenters. The zero-order chi connectivity index (χ0) is 14.1. The lowest BCUT2D eigenvalue weighted by molar-refractivity contribution is 0.183. The summed E-state index contributed by atoms with van der Waals surface area (Å²) in [4.78, 5) is 11.7. The summed E-state index contributed by atoms with van der Waals surface area (Å²) in [7, 11) is 0. The zero-order valence-electron chi connectivity index (χ0n) is 11.7. The van der Waals surface area contributed by atoms with Gasteiger partial charge >= 0.3 is 6.03 Å². The summed E-state index contributed by atoms with van der Waals surface area (Å²) in [5, 5.41) is 14.8. The molecule has 1 rings (SSSR count). The first-order valence-electron chi connectivity index (χ1n) is 6.88. The number of benzene rings is 1. The van der Waals surface area contributed by atoms with Crippen LogP contribution in [0.25, 0.3) is 0 Å². The quantitative estimate of drug-likeness (QED) is 0.706. The van der Waals surface area contributed by atoms with E-state index in [0.29, 0.717) is 13.0 Å². The van der Waals surface area contributed by atoms with Crippen molar-refractivity contribution in [3.05, 3.63) is 35.9 Å². The molecule has 4 heteroatoms. The van der Waals surface area contributed by atoms with E-state index < -0.39 is 0 Å². The van der Waals surface area contributed by atoms with Gasteiger partial charge in [-0.05, 0) is 31.7 Å². The molecule has 0 heterocycles. The molecule has 4 nitrogen and oxygen atoms in total. The summed E-state index contributed by atoms with van der Waals surface area (Å²) in [6, 6.07) is 10.1. The van der Waals surface area contributed by atoms with Gasteiger partial charge in [-0.2, -0.15) is 0 Å². The van der Waals surface area contributed by atoms with Crippen LogP contribution in [0.3, 0.4) is 0 Å². The van der Waals surface area contributed by atoms with E-state index in [1.54, 1.807) is 6.92 Å². The van der Waals surface area contributed by atoms with E-state index >= 15 is 0 Å². The van der Waals surface area contributed by atoms with Crippen molar-refractivity contribution in [2.75, 3.05) is 6.54 Å². The molecule has 3 N–H and O–H groups in total. The van der Waals surface area contributed by atoms with Crippen molar-refractivity contribution in [2.24, 2.45) is 0 Å². The lowest BCUT2D eigenvalue weighted by Crippen LogP contribution is -2.43. The third kappa shape index (κ3) is 6.82. The van der Waals surface area contributed by atoms with E-state index in [0.717, 1.165) is 12.8 Å². The van der Waals surface area contributed by atoms with Gasteiger partial charge in [0.05, 0.1) is 6.10 Å². The minimum Gasteiger partial charge on any atom is -0.393 e. The monoisotopic (exact) mass is 264 g/mol. The second-order valence-corrected chi connectivity index (χ2v) is 4.83. The van der Waals surface area contributed by atoms with Crippen LogP contribution in [0.1, 0.15) is 32.3 Å². The lowest BCUT2D eigenvalue weighted by Gasteiger charge is -2.17. The third-order valence-corrected chi connectivity index (χ3v) is 3.00. The number of aliphatic hydroxyl groups excluding tert-OH is 1. The molecule has 0 aromatic heterocycles. The Kier molecular flexibility index (Phi) is 6.97. The largest absolute Gasteiger partial charge is 0.393 e. The van der Waals surface area contributed by atoms with Gasteiger partial charge in [0.1, 0.15) is 0 Å². The minimum absolute atomic E-state index is 0.133. The van der Waals surface area contributed by atoms with Gasteiger partial charge in [-0.3, -0.25) is 0 Å². The molecule has 0 aliphatic rings. The van der Waals surface area contributed by atoms with Crippen LogP contribution in [0.15, 0.2) is 30.3 Å². The number of nitrogens with one attached hydrogen (secondary N) is 2. The van der Waals surface area contributed by atoms with E-state index in [1.807, 2.05) is 18.2 Å². The first-order chi connectivity index (χ1) is 9.11. The molecule has 0 saturated carbocycles. The number of rotatable bonds is 7. The molecule has 2 atom stereocenters. The van der Waals surface area contributed by atoms with Crippen molar-refractivity contribution < 1.29 is 9.90 Å². The van der Waals surface area contributed by atoms with Crippen molar-refractivity contribution in [1.82, 2.24) is 10.6 Å². The van der Waals surface area contributed by atoms with Crippen molar-refractivity contribution in [3.63, 3.8) is 0 Å². The standard InChI is InChI=1S/C15H24N2O2/c1-3-14(11-13-7-5-4-6-8-13)17-15(19)16-10-9-12(2)18/h4-8,12,14,18H,3,9-11H2,1-2H3,(H2,16,17,19). The molecule has 0 bridgehead atoms. The fourth-order valence-electron chi connectivity index (χ4n) is 1.83. The molecule has 0 aliphatic carbocycles. The Morgan fingerprint density at radius 1 is 1.32 bits per heavy atom. The van der Waals surface area contributed by atoms with Gasteiger partial charge in [-0.1, -0.05) is 37.3 Å². The maximum atomic E-state index is 11.7. The van der Waals surface area contributed by atoms with Crippen LogP contribution >= 0.6 is 0 Å². The number of hydrogen-bond acceptors (Lipinski definition) is 2. The Hall–Kier alpha value is -1.55. The van der Waals surface area contributed by atoms with Crippen LogP contribution in [0.4, 0.5) is 4.79 Å². The predicted octanol–water partition coefficient (Wildman–Crippen LogP) is 2.08. The number of aliphatic hydroxyl groups is 1. The first kappa shape index (κ1) is 15.5. The molecule has 0 saturated heterocycles. The molecule has 1 aromatic rings. The average Bonchev–Trinajstić information content (AvgIpc) is 2.38. The van der Waals surface area contributed by atoms with Crippen molar-refractivity contribution in [2.45, 2.75) is 45.3 Å². The number of urea groups is 1. The van der Waals surface area contributed by atoms with Gasteiger partial charge < -0.3 is 15.7 Å².